The van der Waals surface area contributed by atoms with Crippen LogP contribution in [-0.4, -0.2) is 41.8 Å². The lowest BCUT2D eigenvalue weighted by molar-refractivity contribution is 0.0961. The number of Topliss-reactive ketones (excluding diaryl/α,β-unsaturated/α-hetero) is 1. The SMILES string of the molecule is Cc1ccccc1CN1CCC(CCC(=O)c2ccc3c(c2)CCN(Cc2ccc(F)cc2)CC3)CC1. The van der Waals surface area contributed by atoms with E-state index in [1.807, 2.05) is 18.2 Å². The maximum Gasteiger partial charge on any atom is 0.162 e. The van der Waals surface area contributed by atoms with Gasteiger partial charge in [-0.3, -0.25) is 14.6 Å². The molecule has 5 rings (SSSR count). The normalized spacial score (nSPS) is 17.4. The number of hydrogen-bond acceptors (Lipinski definition) is 3. The molecule has 3 aromatic carbocycles. The van der Waals surface area contributed by atoms with E-state index in [1.54, 1.807) is 0 Å². The Labute approximate surface area is 221 Å². The van der Waals surface area contributed by atoms with Crippen molar-refractivity contribution < 1.29 is 9.18 Å². The molecule has 0 atom stereocenters. The van der Waals surface area contributed by atoms with Crippen LogP contribution in [0.5, 0.6) is 0 Å². The fourth-order valence-electron chi connectivity index (χ4n) is 5.89. The van der Waals surface area contributed by atoms with E-state index in [1.165, 1.54) is 47.2 Å². The second kappa shape index (κ2) is 12.1. The Kier molecular flexibility index (Phi) is 8.48. The third kappa shape index (κ3) is 6.94. The summed E-state index contributed by atoms with van der Waals surface area (Å²) in [5.74, 6) is 0.753. The molecule has 0 radical (unpaired) electrons. The predicted octanol–water partition coefficient (Wildman–Crippen LogP) is 6.61. The number of fused-ring (bicyclic) bond motifs is 1. The lowest BCUT2D eigenvalue weighted by Crippen LogP contribution is -2.33. The zero-order valence-electron chi connectivity index (χ0n) is 22.1. The van der Waals surface area contributed by atoms with Gasteiger partial charge in [0.25, 0.3) is 0 Å². The lowest BCUT2D eigenvalue weighted by atomic mass is 9.89. The van der Waals surface area contributed by atoms with Crippen LogP contribution < -0.4 is 0 Å². The molecule has 0 amide bonds. The molecule has 0 unspecified atom stereocenters. The van der Waals surface area contributed by atoms with Crippen LogP contribution in [0.2, 0.25) is 0 Å². The summed E-state index contributed by atoms with van der Waals surface area (Å²) in [5.41, 5.74) is 7.50. The molecule has 3 nitrogen and oxygen atoms in total. The molecule has 0 spiro atoms. The highest BCUT2D eigenvalue weighted by Gasteiger charge is 2.21. The molecule has 0 aromatic heterocycles. The third-order valence-corrected chi connectivity index (χ3v) is 8.38. The average Bonchev–Trinajstić information content (AvgIpc) is 3.12. The molecular weight excluding hydrogens is 459 g/mol. The van der Waals surface area contributed by atoms with Gasteiger partial charge in [-0.1, -0.05) is 48.5 Å². The summed E-state index contributed by atoms with van der Waals surface area (Å²) in [4.78, 5) is 18.1. The maximum atomic E-state index is 13.2. The number of carbonyl (C=O) groups excluding carboxylic acids is 1. The monoisotopic (exact) mass is 498 g/mol. The van der Waals surface area contributed by atoms with Crippen LogP contribution in [-0.2, 0) is 25.9 Å². The first-order valence-corrected chi connectivity index (χ1v) is 13.9. The number of piperidine rings is 1. The number of benzene rings is 3. The summed E-state index contributed by atoms with van der Waals surface area (Å²) in [5, 5.41) is 0. The molecule has 2 aliphatic heterocycles. The van der Waals surface area contributed by atoms with Crippen molar-refractivity contribution in [1.82, 2.24) is 9.80 Å². The molecule has 0 saturated carbocycles. The van der Waals surface area contributed by atoms with Gasteiger partial charge in [0.05, 0.1) is 0 Å². The van der Waals surface area contributed by atoms with Gasteiger partial charge in [-0.2, -0.15) is 0 Å². The molecule has 0 aliphatic carbocycles. The van der Waals surface area contributed by atoms with Crippen molar-refractivity contribution >= 4 is 5.78 Å². The van der Waals surface area contributed by atoms with Gasteiger partial charge in [-0.25, -0.2) is 4.39 Å². The van der Waals surface area contributed by atoms with Crippen molar-refractivity contribution in [3.63, 3.8) is 0 Å². The van der Waals surface area contributed by atoms with E-state index in [2.05, 4.69) is 53.1 Å². The fourth-order valence-corrected chi connectivity index (χ4v) is 5.89. The van der Waals surface area contributed by atoms with Gasteiger partial charge in [0.2, 0.25) is 0 Å². The second-order valence-corrected chi connectivity index (χ2v) is 11.0. The highest BCUT2D eigenvalue weighted by Crippen LogP contribution is 2.26. The lowest BCUT2D eigenvalue weighted by Gasteiger charge is -2.32. The van der Waals surface area contributed by atoms with Crippen molar-refractivity contribution in [3.8, 4) is 0 Å². The highest BCUT2D eigenvalue weighted by atomic mass is 19.1. The van der Waals surface area contributed by atoms with Crippen LogP contribution in [0.3, 0.4) is 0 Å². The zero-order valence-corrected chi connectivity index (χ0v) is 22.1. The van der Waals surface area contributed by atoms with Crippen molar-refractivity contribution in [3.05, 3.63) is 106 Å². The minimum atomic E-state index is -0.187. The molecule has 0 bridgehead atoms. The summed E-state index contributed by atoms with van der Waals surface area (Å²) in [7, 11) is 0. The van der Waals surface area contributed by atoms with Crippen LogP contribution >= 0.6 is 0 Å². The Hall–Kier alpha value is -2.82. The van der Waals surface area contributed by atoms with Crippen LogP contribution in [0.4, 0.5) is 4.39 Å². The fraction of sp³-hybridized carbons (Fsp3) is 0.424. The number of halogens is 1. The molecular formula is C33H39FN2O. The highest BCUT2D eigenvalue weighted by molar-refractivity contribution is 5.96. The smallest absolute Gasteiger partial charge is 0.162 e. The molecule has 3 aromatic rings. The van der Waals surface area contributed by atoms with Crippen LogP contribution in [0.25, 0.3) is 0 Å². The summed E-state index contributed by atoms with van der Waals surface area (Å²) >= 11 is 0. The van der Waals surface area contributed by atoms with Crippen LogP contribution in [0, 0.1) is 18.7 Å². The first-order chi connectivity index (χ1) is 18.0. The van der Waals surface area contributed by atoms with Crippen LogP contribution in [0.1, 0.15) is 63.9 Å². The van der Waals surface area contributed by atoms with Crippen molar-refractivity contribution in [2.24, 2.45) is 5.92 Å². The van der Waals surface area contributed by atoms with E-state index >= 15 is 0 Å². The van der Waals surface area contributed by atoms with Crippen molar-refractivity contribution in [1.29, 1.82) is 0 Å². The number of carbonyl (C=O) groups is 1. The predicted molar refractivity (Wildman–Crippen MR) is 148 cm³/mol. The molecule has 37 heavy (non-hydrogen) atoms. The summed E-state index contributed by atoms with van der Waals surface area (Å²) < 4.78 is 13.2. The zero-order chi connectivity index (χ0) is 25.6. The van der Waals surface area contributed by atoms with Gasteiger partial charge in [0, 0.05) is 38.2 Å². The minimum Gasteiger partial charge on any atom is -0.299 e. The number of aryl methyl sites for hydroxylation is 1. The number of nitrogens with zero attached hydrogens (tertiary/aromatic N) is 2. The summed E-state index contributed by atoms with van der Waals surface area (Å²) in [6.07, 6.45) is 5.97. The van der Waals surface area contributed by atoms with Gasteiger partial charge >= 0.3 is 0 Å². The molecule has 4 heteroatoms. The van der Waals surface area contributed by atoms with Gasteiger partial charge in [0.15, 0.2) is 5.78 Å². The minimum absolute atomic E-state index is 0.187. The van der Waals surface area contributed by atoms with Crippen molar-refractivity contribution in [2.75, 3.05) is 26.2 Å². The Morgan fingerprint density at radius 2 is 1.54 bits per heavy atom. The molecule has 0 N–H and O–H groups in total. The molecule has 2 heterocycles. The van der Waals surface area contributed by atoms with Gasteiger partial charge < -0.3 is 0 Å². The molecule has 1 fully saturated rings. The topological polar surface area (TPSA) is 23.6 Å². The van der Waals surface area contributed by atoms with E-state index in [-0.39, 0.29) is 11.6 Å². The quantitative estimate of drug-likeness (QED) is 0.327. The number of likely N-dealkylation sites (tertiary alicyclic amines) is 1. The Bertz CT molecular complexity index is 1200. The standard InChI is InChI=1S/C33H39FN2O/c1-25-4-2-3-5-31(25)24-36-18-14-26(15-19-36)8-13-33(37)30-10-9-28-16-20-35(21-17-29(28)22-30)23-27-6-11-32(34)12-7-27/h2-7,9-12,22,26H,8,13-21,23-24H2,1H3. The second-order valence-electron chi connectivity index (χ2n) is 11.0. The Balaban J connectivity index is 1.09. The summed E-state index contributed by atoms with van der Waals surface area (Å²) in [6, 6.07) is 21.9. The Morgan fingerprint density at radius 3 is 2.30 bits per heavy atom. The first-order valence-electron chi connectivity index (χ1n) is 13.9. The van der Waals surface area contributed by atoms with E-state index in [4.69, 9.17) is 0 Å². The Morgan fingerprint density at radius 1 is 0.838 bits per heavy atom. The first kappa shape index (κ1) is 25.8. The maximum absolute atomic E-state index is 13.2. The van der Waals surface area contributed by atoms with E-state index < -0.39 is 0 Å². The van der Waals surface area contributed by atoms with Crippen molar-refractivity contribution in [2.45, 2.75) is 58.5 Å². The average molecular weight is 499 g/mol. The number of ketones is 1. The number of rotatable bonds is 8. The van der Waals surface area contributed by atoms with Crippen LogP contribution in [0.15, 0.2) is 66.7 Å². The van der Waals surface area contributed by atoms with E-state index in [0.29, 0.717) is 12.3 Å². The van der Waals surface area contributed by atoms with Gasteiger partial charge in [-0.15, -0.1) is 0 Å². The molecule has 194 valence electrons. The number of hydrogen-bond donors (Lipinski definition) is 0. The largest absolute Gasteiger partial charge is 0.299 e. The van der Waals surface area contributed by atoms with Gasteiger partial charge in [-0.05, 0) is 104 Å². The van der Waals surface area contributed by atoms with E-state index in [0.717, 1.165) is 69.7 Å². The van der Waals surface area contributed by atoms with Gasteiger partial charge in [0.1, 0.15) is 5.82 Å². The molecule has 2 aliphatic rings. The molecule has 1 saturated heterocycles. The summed E-state index contributed by atoms with van der Waals surface area (Å²) in [6.45, 7) is 8.27. The van der Waals surface area contributed by atoms with E-state index in [9.17, 15) is 9.18 Å². The third-order valence-electron chi connectivity index (χ3n) is 8.38.